The molecular weight excluding hydrogens is 294 g/mol. The van der Waals surface area contributed by atoms with E-state index in [9.17, 15) is 9.90 Å². The van der Waals surface area contributed by atoms with Crippen LogP contribution in [0.5, 0.6) is 5.75 Å². The van der Waals surface area contributed by atoms with Gasteiger partial charge in [0.2, 0.25) is 5.91 Å². The standard InChI is InChI=1S/C14H18BrNO2/c1-9(2)13(15)14(18)16-6-5-10-3-4-12(17)7-11(10)8-16/h3-4,7,9,13,17H,5-6,8H2,1-2H3. The molecular formula is C14H18BrNO2. The third-order valence-electron chi connectivity index (χ3n) is 3.34. The zero-order chi connectivity index (χ0) is 13.3. The molecule has 0 aromatic heterocycles. The summed E-state index contributed by atoms with van der Waals surface area (Å²) in [6, 6.07) is 5.41. The first-order chi connectivity index (χ1) is 8.49. The Kier molecular flexibility index (Phi) is 3.95. The van der Waals surface area contributed by atoms with Gasteiger partial charge < -0.3 is 10.0 Å². The lowest BCUT2D eigenvalue weighted by molar-refractivity contribution is -0.132. The van der Waals surface area contributed by atoms with Crippen LogP contribution in [-0.4, -0.2) is 27.3 Å². The lowest BCUT2D eigenvalue weighted by Gasteiger charge is -2.31. The van der Waals surface area contributed by atoms with Crippen LogP contribution in [0.4, 0.5) is 0 Å². The van der Waals surface area contributed by atoms with Gasteiger partial charge in [-0.2, -0.15) is 0 Å². The molecule has 1 atom stereocenters. The second kappa shape index (κ2) is 5.31. The fraction of sp³-hybridized carbons (Fsp3) is 0.500. The van der Waals surface area contributed by atoms with E-state index in [-0.39, 0.29) is 22.4 Å². The number of amides is 1. The summed E-state index contributed by atoms with van der Waals surface area (Å²) in [5, 5.41) is 9.50. The third kappa shape index (κ3) is 2.69. The van der Waals surface area contributed by atoms with Crippen molar-refractivity contribution >= 4 is 21.8 Å². The number of phenols is 1. The number of phenolic OH excluding ortho intramolecular Hbond substituents is 1. The fourth-order valence-corrected chi connectivity index (χ4v) is 2.48. The maximum absolute atomic E-state index is 12.3. The van der Waals surface area contributed by atoms with Gasteiger partial charge in [0, 0.05) is 13.1 Å². The molecule has 0 aliphatic carbocycles. The van der Waals surface area contributed by atoms with Gasteiger partial charge >= 0.3 is 0 Å². The molecule has 1 aliphatic heterocycles. The van der Waals surface area contributed by atoms with Crippen LogP contribution in [0.3, 0.4) is 0 Å². The Balaban J connectivity index is 2.14. The van der Waals surface area contributed by atoms with Gasteiger partial charge in [-0.25, -0.2) is 0 Å². The van der Waals surface area contributed by atoms with Gasteiger partial charge in [0.1, 0.15) is 5.75 Å². The fourth-order valence-electron chi connectivity index (χ4n) is 2.19. The predicted molar refractivity (Wildman–Crippen MR) is 74.8 cm³/mol. The van der Waals surface area contributed by atoms with E-state index in [2.05, 4.69) is 15.9 Å². The lowest BCUT2D eigenvalue weighted by atomic mass is 9.98. The lowest BCUT2D eigenvalue weighted by Crippen LogP contribution is -2.41. The Bertz CT molecular complexity index is 459. The summed E-state index contributed by atoms with van der Waals surface area (Å²) in [4.78, 5) is 14.0. The number of halogens is 1. The second-order valence-corrected chi connectivity index (χ2v) is 6.10. The van der Waals surface area contributed by atoms with Gasteiger partial charge in [-0.3, -0.25) is 4.79 Å². The van der Waals surface area contributed by atoms with Crippen molar-refractivity contribution in [2.45, 2.75) is 31.6 Å². The molecule has 1 unspecified atom stereocenters. The molecule has 0 saturated heterocycles. The highest BCUT2D eigenvalue weighted by Crippen LogP contribution is 2.25. The van der Waals surface area contributed by atoms with Crippen molar-refractivity contribution < 1.29 is 9.90 Å². The minimum Gasteiger partial charge on any atom is -0.508 e. The molecule has 0 radical (unpaired) electrons. The van der Waals surface area contributed by atoms with Crippen LogP contribution in [0, 0.1) is 5.92 Å². The Morgan fingerprint density at radius 2 is 2.11 bits per heavy atom. The molecule has 1 aromatic carbocycles. The van der Waals surface area contributed by atoms with Crippen LogP contribution in [0.2, 0.25) is 0 Å². The molecule has 1 heterocycles. The monoisotopic (exact) mass is 311 g/mol. The zero-order valence-corrected chi connectivity index (χ0v) is 12.3. The quantitative estimate of drug-likeness (QED) is 0.853. The van der Waals surface area contributed by atoms with Crippen LogP contribution in [0.1, 0.15) is 25.0 Å². The molecule has 1 aromatic rings. The number of hydrogen-bond donors (Lipinski definition) is 1. The Hall–Kier alpha value is -1.03. The summed E-state index contributed by atoms with van der Waals surface area (Å²) >= 11 is 3.46. The van der Waals surface area contributed by atoms with Crippen LogP contribution < -0.4 is 0 Å². The maximum atomic E-state index is 12.3. The predicted octanol–water partition coefficient (Wildman–Crippen LogP) is 2.70. The first-order valence-corrected chi connectivity index (χ1v) is 7.14. The molecule has 0 saturated carbocycles. The van der Waals surface area contributed by atoms with E-state index in [1.165, 1.54) is 5.56 Å². The molecule has 1 N–H and O–H groups in total. The molecule has 1 aliphatic rings. The average molecular weight is 312 g/mol. The van der Waals surface area contributed by atoms with Crippen LogP contribution in [-0.2, 0) is 17.8 Å². The van der Waals surface area contributed by atoms with Crippen LogP contribution >= 0.6 is 15.9 Å². The Labute approximate surface area is 116 Å². The highest BCUT2D eigenvalue weighted by atomic mass is 79.9. The largest absolute Gasteiger partial charge is 0.508 e. The molecule has 0 bridgehead atoms. The topological polar surface area (TPSA) is 40.5 Å². The second-order valence-electron chi connectivity index (χ2n) is 5.11. The van der Waals surface area contributed by atoms with Crippen LogP contribution in [0.25, 0.3) is 0 Å². The summed E-state index contributed by atoms with van der Waals surface area (Å²) in [5.74, 6) is 0.685. The van der Waals surface area contributed by atoms with Crippen molar-refractivity contribution in [3.8, 4) is 5.75 Å². The van der Waals surface area contributed by atoms with Crippen molar-refractivity contribution in [2.24, 2.45) is 5.92 Å². The third-order valence-corrected chi connectivity index (χ3v) is 4.78. The highest BCUT2D eigenvalue weighted by molar-refractivity contribution is 9.10. The number of alkyl halides is 1. The minimum absolute atomic E-state index is 0.128. The number of rotatable bonds is 2. The number of aromatic hydroxyl groups is 1. The summed E-state index contributed by atoms with van der Waals surface area (Å²) < 4.78 is 0. The number of carbonyl (C=O) groups excluding carboxylic acids is 1. The van der Waals surface area contributed by atoms with Crippen molar-refractivity contribution in [1.82, 2.24) is 4.90 Å². The SMILES string of the molecule is CC(C)C(Br)C(=O)N1CCc2ccc(O)cc2C1. The summed E-state index contributed by atoms with van der Waals surface area (Å²) in [6.07, 6.45) is 0.860. The summed E-state index contributed by atoms with van der Waals surface area (Å²) in [7, 11) is 0. The normalized spacial score (nSPS) is 16.6. The van der Waals surface area contributed by atoms with Crippen molar-refractivity contribution in [1.29, 1.82) is 0 Å². The molecule has 0 spiro atoms. The average Bonchev–Trinajstić information content (AvgIpc) is 2.35. The number of hydrogen-bond acceptors (Lipinski definition) is 2. The van der Waals surface area contributed by atoms with E-state index in [4.69, 9.17) is 0 Å². The minimum atomic E-state index is -0.128. The molecule has 0 fully saturated rings. The molecule has 98 valence electrons. The van der Waals surface area contributed by atoms with E-state index in [0.29, 0.717) is 6.54 Å². The Morgan fingerprint density at radius 1 is 1.39 bits per heavy atom. The Morgan fingerprint density at radius 3 is 2.78 bits per heavy atom. The van der Waals surface area contributed by atoms with Crippen molar-refractivity contribution in [3.05, 3.63) is 29.3 Å². The van der Waals surface area contributed by atoms with Gasteiger partial charge in [0.05, 0.1) is 4.83 Å². The first kappa shape index (κ1) is 13.4. The van der Waals surface area contributed by atoms with Gasteiger partial charge in [0.25, 0.3) is 0 Å². The number of fused-ring (bicyclic) bond motifs is 1. The highest BCUT2D eigenvalue weighted by Gasteiger charge is 2.27. The summed E-state index contributed by atoms with van der Waals surface area (Å²) in [6.45, 7) is 5.41. The molecule has 18 heavy (non-hydrogen) atoms. The van der Waals surface area contributed by atoms with Crippen LogP contribution in [0.15, 0.2) is 18.2 Å². The molecule has 4 heteroatoms. The number of benzene rings is 1. The van der Waals surface area contributed by atoms with Crippen molar-refractivity contribution in [3.63, 3.8) is 0 Å². The summed E-state index contributed by atoms with van der Waals surface area (Å²) in [5.41, 5.74) is 2.28. The van der Waals surface area contributed by atoms with Gasteiger partial charge in [0.15, 0.2) is 0 Å². The first-order valence-electron chi connectivity index (χ1n) is 6.22. The van der Waals surface area contributed by atoms with Crippen molar-refractivity contribution in [2.75, 3.05) is 6.54 Å². The molecule has 1 amide bonds. The van der Waals surface area contributed by atoms with E-state index in [0.717, 1.165) is 18.5 Å². The smallest absolute Gasteiger partial charge is 0.236 e. The van der Waals surface area contributed by atoms with E-state index >= 15 is 0 Å². The van der Waals surface area contributed by atoms with Gasteiger partial charge in [-0.15, -0.1) is 0 Å². The van der Waals surface area contributed by atoms with E-state index < -0.39 is 0 Å². The van der Waals surface area contributed by atoms with Gasteiger partial charge in [-0.05, 0) is 35.6 Å². The van der Waals surface area contributed by atoms with Gasteiger partial charge in [-0.1, -0.05) is 35.8 Å². The van der Waals surface area contributed by atoms with E-state index in [1.807, 2.05) is 24.8 Å². The number of nitrogens with zero attached hydrogens (tertiary/aromatic N) is 1. The molecule has 3 nitrogen and oxygen atoms in total. The number of carbonyl (C=O) groups is 1. The van der Waals surface area contributed by atoms with E-state index in [1.54, 1.807) is 12.1 Å². The zero-order valence-electron chi connectivity index (χ0n) is 10.7. The maximum Gasteiger partial charge on any atom is 0.236 e. The molecule has 2 rings (SSSR count).